The van der Waals surface area contributed by atoms with E-state index in [0.29, 0.717) is 22.3 Å². The van der Waals surface area contributed by atoms with Crippen molar-refractivity contribution in [3.05, 3.63) is 68.4 Å². The number of methoxy groups -OCH3 is 1. The van der Waals surface area contributed by atoms with Crippen LogP contribution in [-0.2, 0) is 0 Å². The lowest BCUT2D eigenvalue weighted by Gasteiger charge is -2.14. The van der Waals surface area contributed by atoms with Crippen molar-refractivity contribution in [2.75, 3.05) is 12.0 Å². The van der Waals surface area contributed by atoms with Gasteiger partial charge in [-0.25, -0.2) is 4.90 Å². The fourth-order valence-electron chi connectivity index (χ4n) is 2.99. The van der Waals surface area contributed by atoms with E-state index >= 15 is 0 Å². The van der Waals surface area contributed by atoms with Gasteiger partial charge in [-0.2, -0.15) is 0 Å². The zero-order chi connectivity index (χ0) is 17.7. The summed E-state index contributed by atoms with van der Waals surface area (Å²) in [5, 5.41) is 0.521. The zero-order valence-electron chi connectivity index (χ0n) is 13.0. The van der Waals surface area contributed by atoms with Gasteiger partial charge >= 0.3 is 0 Å². The summed E-state index contributed by atoms with van der Waals surface area (Å²) in [6, 6.07) is 11.7. The standard InChI is InChI=1S/C18H11BrN2O4/c1-25-11-4-2-3-10(8-11)21-17(23)14-12-7-9(19)5-6-13(12)20-16(22)15(14)18(21)24/h2-8H,1H3,(H,20,22). The van der Waals surface area contributed by atoms with Crippen LogP contribution in [0.15, 0.2) is 51.7 Å². The molecule has 25 heavy (non-hydrogen) atoms. The van der Waals surface area contributed by atoms with E-state index < -0.39 is 17.4 Å². The lowest BCUT2D eigenvalue weighted by atomic mass is 10.1. The third-order valence-electron chi connectivity index (χ3n) is 4.12. The number of fused-ring (bicyclic) bond motifs is 3. The number of aromatic nitrogens is 1. The summed E-state index contributed by atoms with van der Waals surface area (Å²) >= 11 is 3.35. The van der Waals surface area contributed by atoms with Crippen LogP contribution >= 0.6 is 15.9 Å². The summed E-state index contributed by atoms with van der Waals surface area (Å²) in [5.74, 6) is -0.658. The third kappa shape index (κ3) is 2.27. The lowest BCUT2D eigenvalue weighted by molar-refractivity contribution is 0.0926. The molecule has 1 aromatic heterocycles. The molecule has 0 atom stereocenters. The minimum Gasteiger partial charge on any atom is -0.497 e. The molecule has 0 saturated carbocycles. The molecule has 0 spiro atoms. The van der Waals surface area contributed by atoms with E-state index in [4.69, 9.17) is 4.74 Å². The second kappa shape index (κ2) is 5.56. The average molecular weight is 399 g/mol. The van der Waals surface area contributed by atoms with Gasteiger partial charge in [-0.3, -0.25) is 14.4 Å². The quantitative estimate of drug-likeness (QED) is 0.672. The molecular formula is C18H11BrN2O4. The van der Waals surface area contributed by atoms with E-state index in [9.17, 15) is 14.4 Å². The molecule has 0 aliphatic carbocycles. The van der Waals surface area contributed by atoms with Gasteiger partial charge in [0.05, 0.1) is 18.4 Å². The van der Waals surface area contributed by atoms with Crippen molar-refractivity contribution in [1.82, 2.24) is 4.98 Å². The van der Waals surface area contributed by atoms with Crippen molar-refractivity contribution >= 4 is 44.3 Å². The molecule has 6 nitrogen and oxygen atoms in total. The van der Waals surface area contributed by atoms with Crippen LogP contribution in [0.2, 0.25) is 0 Å². The van der Waals surface area contributed by atoms with Crippen LogP contribution < -0.4 is 15.2 Å². The van der Waals surface area contributed by atoms with Gasteiger partial charge in [0, 0.05) is 21.4 Å². The number of benzene rings is 2. The minimum atomic E-state index is -0.642. The number of imide groups is 1. The maximum absolute atomic E-state index is 13.0. The molecule has 1 aliphatic rings. The van der Waals surface area contributed by atoms with Crippen LogP contribution in [0, 0.1) is 0 Å². The number of nitrogens with one attached hydrogen (secondary N) is 1. The fraction of sp³-hybridized carbons (Fsp3) is 0.0556. The second-order valence-electron chi connectivity index (χ2n) is 5.54. The van der Waals surface area contributed by atoms with Crippen molar-refractivity contribution in [1.29, 1.82) is 0 Å². The van der Waals surface area contributed by atoms with Gasteiger partial charge in [-0.15, -0.1) is 0 Å². The van der Waals surface area contributed by atoms with Gasteiger partial charge in [-0.1, -0.05) is 22.0 Å². The van der Waals surface area contributed by atoms with E-state index in [-0.39, 0.29) is 11.1 Å². The molecule has 1 aliphatic heterocycles. The number of anilines is 1. The average Bonchev–Trinajstić information content (AvgIpc) is 2.87. The summed E-state index contributed by atoms with van der Waals surface area (Å²) in [7, 11) is 1.50. The number of amides is 2. The number of hydrogen-bond acceptors (Lipinski definition) is 4. The van der Waals surface area contributed by atoms with Gasteiger partial charge in [0.1, 0.15) is 11.3 Å². The molecule has 1 N–H and O–H groups in total. The predicted molar refractivity (Wildman–Crippen MR) is 96.4 cm³/mol. The highest BCUT2D eigenvalue weighted by molar-refractivity contribution is 9.10. The number of ether oxygens (including phenoxy) is 1. The molecule has 0 bridgehead atoms. The van der Waals surface area contributed by atoms with E-state index in [0.717, 1.165) is 9.37 Å². The number of nitrogens with zero attached hydrogens (tertiary/aromatic N) is 1. The van der Waals surface area contributed by atoms with Crippen LogP contribution in [0.1, 0.15) is 20.7 Å². The van der Waals surface area contributed by atoms with Crippen LogP contribution in [0.4, 0.5) is 5.69 Å². The first-order valence-electron chi connectivity index (χ1n) is 7.39. The Balaban J connectivity index is 1.98. The molecule has 3 aromatic rings. The highest BCUT2D eigenvalue weighted by Crippen LogP contribution is 2.33. The molecule has 7 heteroatoms. The van der Waals surface area contributed by atoms with E-state index in [1.807, 2.05) is 0 Å². The molecule has 124 valence electrons. The summed E-state index contributed by atoms with van der Waals surface area (Å²) in [4.78, 5) is 41.8. The monoisotopic (exact) mass is 398 g/mol. The van der Waals surface area contributed by atoms with Crippen LogP contribution in [0.3, 0.4) is 0 Å². The van der Waals surface area contributed by atoms with Gasteiger partial charge in [0.2, 0.25) is 0 Å². The first-order valence-corrected chi connectivity index (χ1v) is 8.19. The molecular weight excluding hydrogens is 388 g/mol. The molecule has 2 amide bonds. The Morgan fingerprint density at radius 3 is 2.52 bits per heavy atom. The number of carbonyl (C=O) groups is 2. The van der Waals surface area contributed by atoms with Crippen LogP contribution in [0.5, 0.6) is 5.75 Å². The van der Waals surface area contributed by atoms with E-state index in [1.165, 1.54) is 7.11 Å². The SMILES string of the molecule is COc1cccc(N2C(=O)c3c(c4cc(Br)ccc4[nH]c3=O)C2=O)c1. The molecule has 2 heterocycles. The first kappa shape index (κ1) is 15.6. The number of pyridine rings is 1. The van der Waals surface area contributed by atoms with Gasteiger partial charge in [0.25, 0.3) is 17.4 Å². The van der Waals surface area contributed by atoms with Crippen LogP contribution in [-0.4, -0.2) is 23.9 Å². The number of rotatable bonds is 2. The maximum Gasteiger partial charge on any atom is 0.271 e. The van der Waals surface area contributed by atoms with E-state index in [1.54, 1.807) is 42.5 Å². The Bertz CT molecular complexity index is 1120. The predicted octanol–water partition coefficient (Wildman–Crippen LogP) is 3.10. The molecule has 0 fully saturated rings. The normalized spacial score (nSPS) is 13.4. The van der Waals surface area contributed by atoms with Gasteiger partial charge in [-0.05, 0) is 30.3 Å². The second-order valence-corrected chi connectivity index (χ2v) is 6.46. The summed E-state index contributed by atoms with van der Waals surface area (Å²) in [5.41, 5.74) is 0.258. The maximum atomic E-state index is 13.0. The lowest BCUT2D eigenvalue weighted by Crippen LogP contribution is -2.30. The van der Waals surface area contributed by atoms with Crippen molar-refractivity contribution in [2.24, 2.45) is 0 Å². The Kier molecular flexibility index (Phi) is 3.47. The largest absolute Gasteiger partial charge is 0.497 e. The Morgan fingerprint density at radius 2 is 1.76 bits per heavy atom. The molecule has 0 radical (unpaired) electrons. The van der Waals surface area contributed by atoms with Gasteiger partial charge < -0.3 is 9.72 Å². The van der Waals surface area contributed by atoms with Crippen molar-refractivity contribution in [3.8, 4) is 5.75 Å². The third-order valence-corrected chi connectivity index (χ3v) is 4.61. The number of hydrogen-bond donors (Lipinski definition) is 1. The smallest absolute Gasteiger partial charge is 0.271 e. The Morgan fingerprint density at radius 1 is 1.00 bits per heavy atom. The van der Waals surface area contributed by atoms with E-state index in [2.05, 4.69) is 20.9 Å². The van der Waals surface area contributed by atoms with Gasteiger partial charge in [0.15, 0.2) is 0 Å². The first-order chi connectivity index (χ1) is 12.0. The highest BCUT2D eigenvalue weighted by Gasteiger charge is 2.40. The number of halogens is 1. The summed E-state index contributed by atoms with van der Waals surface area (Å²) in [6.07, 6.45) is 0. The van der Waals surface area contributed by atoms with Crippen molar-refractivity contribution < 1.29 is 14.3 Å². The summed E-state index contributed by atoms with van der Waals surface area (Å²) < 4.78 is 5.89. The zero-order valence-corrected chi connectivity index (χ0v) is 14.6. The fourth-order valence-corrected chi connectivity index (χ4v) is 3.35. The molecule has 2 aromatic carbocycles. The number of H-pyrrole nitrogens is 1. The summed E-state index contributed by atoms with van der Waals surface area (Å²) in [6.45, 7) is 0. The minimum absolute atomic E-state index is 0.118. The topological polar surface area (TPSA) is 79.5 Å². The van der Waals surface area contributed by atoms with Crippen molar-refractivity contribution in [3.63, 3.8) is 0 Å². The molecule has 0 saturated heterocycles. The Hall–Kier alpha value is -2.93. The Labute approximate surface area is 150 Å². The highest BCUT2D eigenvalue weighted by atomic mass is 79.9. The number of carbonyl (C=O) groups excluding carboxylic acids is 2. The number of aromatic amines is 1. The van der Waals surface area contributed by atoms with Crippen LogP contribution in [0.25, 0.3) is 10.9 Å². The van der Waals surface area contributed by atoms with Crippen molar-refractivity contribution in [2.45, 2.75) is 0 Å². The molecule has 0 unspecified atom stereocenters. The molecule has 4 rings (SSSR count).